The lowest BCUT2D eigenvalue weighted by Crippen LogP contribution is -2.44. The van der Waals surface area contributed by atoms with Crippen molar-refractivity contribution < 1.29 is 18.9 Å². The van der Waals surface area contributed by atoms with Crippen molar-refractivity contribution >= 4 is 23.3 Å². The third kappa shape index (κ3) is 4.06. The molecule has 9 heteroatoms. The highest BCUT2D eigenvalue weighted by Gasteiger charge is 2.14. The number of nitrogens with zero attached hydrogens (tertiary/aromatic N) is 1. The van der Waals surface area contributed by atoms with Crippen LogP contribution in [0.2, 0.25) is 0 Å². The third-order valence-electron chi connectivity index (χ3n) is 2.91. The number of rotatable bonds is 3. The van der Waals surface area contributed by atoms with Gasteiger partial charge in [-0.15, -0.1) is 0 Å². The maximum atomic E-state index is 11.9. The fraction of sp³-hybridized carbons (Fsp3) is 0.143. The van der Waals surface area contributed by atoms with Crippen LogP contribution in [0.3, 0.4) is 0 Å². The molecule has 2 aromatic rings. The van der Waals surface area contributed by atoms with Gasteiger partial charge in [-0.3, -0.25) is 20.3 Å². The number of carbonyl (C=O) groups is 2. The molecule has 0 radical (unpaired) electrons. The maximum Gasteiger partial charge on any atom is 0.337 e. The van der Waals surface area contributed by atoms with E-state index in [1.165, 1.54) is 24.3 Å². The van der Waals surface area contributed by atoms with Crippen molar-refractivity contribution in [2.24, 2.45) is 0 Å². The predicted molar refractivity (Wildman–Crippen MR) is 80.9 cm³/mol. The molecular formula is C14H14N4O5. The van der Waals surface area contributed by atoms with Gasteiger partial charge in [0.2, 0.25) is 0 Å². The smallest absolute Gasteiger partial charge is 0.337 e. The Bertz CT molecular complexity index is 751. The van der Waals surface area contributed by atoms with Crippen LogP contribution in [0.5, 0.6) is 0 Å². The van der Waals surface area contributed by atoms with Gasteiger partial charge in [0.15, 0.2) is 0 Å². The van der Waals surface area contributed by atoms with Gasteiger partial charge in [-0.05, 0) is 32.0 Å². The summed E-state index contributed by atoms with van der Waals surface area (Å²) in [5.74, 6) is 0.513. The minimum atomic E-state index is -0.690. The van der Waals surface area contributed by atoms with Gasteiger partial charge in [0.1, 0.15) is 11.5 Å². The number of hydrogen-bond acceptors (Lipinski definition) is 5. The monoisotopic (exact) mass is 318 g/mol. The van der Waals surface area contributed by atoms with Crippen molar-refractivity contribution in [2.45, 2.75) is 13.8 Å². The number of urea groups is 1. The summed E-state index contributed by atoms with van der Waals surface area (Å²) in [5, 5.41) is 13.0. The molecule has 9 nitrogen and oxygen atoms in total. The zero-order chi connectivity index (χ0) is 17.0. The van der Waals surface area contributed by atoms with Crippen molar-refractivity contribution in [3.63, 3.8) is 0 Å². The molecule has 0 aliphatic heterocycles. The topological polar surface area (TPSA) is 127 Å². The number of nitro groups is 1. The van der Waals surface area contributed by atoms with Crippen LogP contribution in [-0.4, -0.2) is 16.9 Å². The number of nitrogens with one attached hydrogen (secondary N) is 3. The largest absolute Gasteiger partial charge is 0.466 e. The number of hydrazine groups is 1. The molecule has 1 aromatic heterocycles. The molecule has 2 rings (SSSR count). The van der Waals surface area contributed by atoms with Gasteiger partial charge in [0.05, 0.1) is 10.5 Å². The lowest BCUT2D eigenvalue weighted by molar-refractivity contribution is -0.384. The van der Waals surface area contributed by atoms with E-state index in [9.17, 15) is 19.7 Å². The Labute approximate surface area is 130 Å². The molecule has 3 N–H and O–H groups in total. The van der Waals surface area contributed by atoms with E-state index < -0.39 is 16.9 Å². The molecule has 3 amide bonds. The molecule has 0 unspecified atom stereocenters. The fourth-order valence-electron chi connectivity index (χ4n) is 1.87. The average Bonchev–Trinajstić information content (AvgIpc) is 2.84. The van der Waals surface area contributed by atoms with Gasteiger partial charge in [0.25, 0.3) is 11.6 Å². The van der Waals surface area contributed by atoms with E-state index in [1.807, 2.05) is 0 Å². The van der Waals surface area contributed by atoms with Crippen LogP contribution in [0, 0.1) is 24.0 Å². The van der Waals surface area contributed by atoms with Crippen molar-refractivity contribution in [3.8, 4) is 0 Å². The summed E-state index contributed by atoms with van der Waals surface area (Å²) in [6.45, 7) is 3.34. The highest BCUT2D eigenvalue weighted by Crippen LogP contribution is 2.15. The summed E-state index contributed by atoms with van der Waals surface area (Å²) in [6.07, 6.45) is 0. The Balaban J connectivity index is 1.88. The van der Waals surface area contributed by atoms with Crippen LogP contribution in [0.15, 0.2) is 34.7 Å². The molecule has 0 saturated carbocycles. The number of hydrogen-bond donors (Lipinski definition) is 3. The Morgan fingerprint density at radius 2 is 1.78 bits per heavy atom. The second kappa shape index (κ2) is 6.60. The molecular weight excluding hydrogens is 304 g/mol. The van der Waals surface area contributed by atoms with Gasteiger partial charge in [-0.1, -0.05) is 0 Å². The summed E-state index contributed by atoms with van der Waals surface area (Å²) >= 11 is 0. The molecule has 1 heterocycles. The highest BCUT2D eigenvalue weighted by atomic mass is 16.6. The summed E-state index contributed by atoms with van der Waals surface area (Å²) in [5.41, 5.74) is 4.99. The number of nitro benzene ring substituents is 1. The minimum Gasteiger partial charge on any atom is -0.466 e. The van der Waals surface area contributed by atoms with Gasteiger partial charge in [0, 0.05) is 17.8 Å². The third-order valence-corrected chi connectivity index (χ3v) is 2.91. The first-order valence-corrected chi connectivity index (χ1v) is 6.55. The Morgan fingerprint density at radius 1 is 1.13 bits per heavy atom. The average molecular weight is 318 g/mol. The molecule has 1 aromatic carbocycles. The summed E-state index contributed by atoms with van der Waals surface area (Å²) in [6, 6.07) is 6.13. The number of non-ortho nitro benzene ring substituents is 1. The van der Waals surface area contributed by atoms with E-state index in [2.05, 4.69) is 16.2 Å². The second-order valence-electron chi connectivity index (χ2n) is 4.66. The molecule has 120 valence electrons. The second-order valence-corrected chi connectivity index (χ2v) is 4.66. The zero-order valence-electron chi connectivity index (χ0n) is 12.4. The fourth-order valence-corrected chi connectivity index (χ4v) is 1.87. The van der Waals surface area contributed by atoms with Gasteiger partial charge < -0.3 is 9.73 Å². The lowest BCUT2D eigenvalue weighted by atomic mass is 10.2. The normalized spacial score (nSPS) is 10.0. The van der Waals surface area contributed by atoms with Crippen molar-refractivity contribution in [1.29, 1.82) is 0 Å². The number of furan rings is 1. The van der Waals surface area contributed by atoms with Crippen LogP contribution in [-0.2, 0) is 0 Å². The van der Waals surface area contributed by atoms with Gasteiger partial charge in [-0.25, -0.2) is 10.2 Å². The molecule has 0 fully saturated rings. The summed E-state index contributed by atoms with van der Waals surface area (Å²) in [4.78, 5) is 33.5. The highest BCUT2D eigenvalue weighted by molar-refractivity contribution is 5.97. The van der Waals surface area contributed by atoms with Crippen molar-refractivity contribution in [1.82, 2.24) is 10.9 Å². The molecule has 0 bridgehead atoms. The number of aryl methyl sites for hydroxylation is 2. The van der Waals surface area contributed by atoms with Gasteiger partial charge in [-0.2, -0.15) is 0 Å². The summed E-state index contributed by atoms with van der Waals surface area (Å²) in [7, 11) is 0. The predicted octanol–water partition coefficient (Wildman–Crippen LogP) is 2.27. The first-order valence-electron chi connectivity index (χ1n) is 6.55. The first-order chi connectivity index (χ1) is 10.9. The first kappa shape index (κ1) is 16.0. The molecule has 0 aliphatic rings. The molecule has 0 saturated heterocycles. The standard InChI is InChI=1S/C14H14N4O5/c1-8-7-12(9(2)23-8)13(19)16-17-14(20)15-10-3-5-11(6-4-10)18(21)22/h3-7H,1-2H3,(H,16,19)(H2,15,17,20). The molecule has 0 atom stereocenters. The van der Waals surface area contributed by atoms with Crippen LogP contribution in [0.4, 0.5) is 16.2 Å². The summed E-state index contributed by atoms with van der Waals surface area (Å²) < 4.78 is 5.22. The van der Waals surface area contributed by atoms with Gasteiger partial charge >= 0.3 is 6.03 Å². The van der Waals surface area contributed by atoms with Crippen molar-refractivity contribution in [2.75, 3.05) is 5.32 Å². The number of carbonyl (C=O) groups excluding carboxylic acids is 2. The number of benzene rings is 1. The van der Waals surface area contributed by atoms with Crippen LogP contribution >= 0.6 is 0 Å². The quantitative estimate of drug-likeness (QED) is 0.591. The molecule has 0 spiro atoms. The SMILES string of the molecule is Cc1cc(C(=O)NNC(=O)Nc2ccc([N+](=O)[O-])cc2)c(C)o1. The Hall–Kier alpha value is -3.36. The Kier molecular flexibility index (Phi) is 4.60. The lowest BCUT2D eigenvalue weighted by Gasteiger charge is -2.08. The van der Waals surface area contributed by atoms with E-state index >= 15 is 0 Å². The zero-order valence-corrected chi connectivity index (χ0v) is 12.4. The van der Waals surface area contributed by atoms with Crippen LogP contribution in [0.1, 0.15) is 21.9 Å². The van der Waals surface area contributed by atoms with Crippen LogP contribution in [0.25, 0.3) is 0 Å². The van der Waals surface area contributed by atoms with Crippen molar-refractivity contribution in [3.05, 3.63) is 57.5 Å². The molecule has 23 heavy (non-hydrogen) atoms. The minimum absolute atomic E-state index is 0.0879. The Morgan fingerprint density at radius 3 is 2.30 bits per heavy atom. The maximum absolute atomic E-state index is 11.9. The molecule has 0 aliphatic carbocycles. The number of amides is 3. The van der Waals surface area contributed by atoms with E-state index in [4.69, 9.17) is 4.42 Å². The van der Waals surface area contributed by atoms with Crippen LogP contribution < -0.4 is 16.2 Å². The number of anilines is 1. The van der Waals surface area contributed by atoms with E-state index in [1.54, 1.807) is 19.9 Å². The van der Waals surface area contributed by atoms with E-state index in [-0.39, 0.29) is 5.69 Å². The van der Waals surface area contributed by atoms with E-state index in [0.29, 0.717) is 22.8 Å². The van der Waals surface area contributed by atoms with E-state index in [0.717, 1.165) is 0 Å².